The van der Waals surface area contributed by atoms with Crippen molar-refractivity contribution in [3.63, 3.8) is 0 Å². The van der Waals surface area contributed by atoms with Crippen molar-refractivity contribution in [1.29, 1.82) is 0 Å². The van der Waals surface area contributed by atoms with Gasteiger partial charge >= 0.3 is 0 Å². The Morgan fingerprint density at radius 1 is 1.65 bits per heavy atom. The molecule has 0 spiro atoms. The van der Waals surface area contributed by atoms with Gasteiger partial charge in [0.15, 0.2) is 5.82 Å². The van der Waals surface area contributed by atoms with Crippen molar-refractivity contribution in [1.82, 2.24) is 10.1 Å². The number of halogens is 2. The molecule has 2 heterocycles. The van der Waals surface area contributed by atoms with Gasteiger partial charge in [-0.1, -0.05) is 23.7 Å². The van der Waals surface area contributed by atoms with Gasteiger partial charge in [-0.15, -0.1) is 11.3 Å². The Morgan fingerprint density at radius 3 is 3.00 bits per heavy atom. The normalized spacial score (nSPS) is 12.9. The van der Waals surface area contributed by atoms with Crippen LogP contribution in [0.3, 0.4) is 0 Å². The zero-order valence-corrected chi connectivity index (χ0v) is 12.3. The molecule has 0 aliphatic heterocycles. The van der Waals surface area contributed by atoms with Gasteiger partial charge in [-0.05, 0) is 28.4 Å². The zero-order chi connectivity index (χ0) is 12.4. The van der Waals surface area contributed by atoms with E-state index in [1.165, 1.54) is 11.3 Å². The molecule has 0 aliphatic rings. The largest absolute Gasteiger partial charge is 0.339 e. The molecule has 2 aromatic heterocycles. The third-order valence-electron chi connectivity index (χ3n) is 2.20. The number of hydrogen-bond donors (Lipinski definition) is 1. The van der Waals surface area contributed by atoms with Crippen molar-refractivity contribution in [2.75, 3.05) is 0 Å². The summed E-state index contributed by atoms with van der Waals surface area (Å²) in [7, 11) is 0. The lowest BCUT2D eigenvalue weighted by atomic mass is 10.2. The van der Waals surface area contributed by atoms with Crippen LogP contribution in [0.25, 0.3) is 0 Å². The summed E-state index contributed by atoms with van der Waals surface area (Å²) in [5, 5.41) is 3.89. The molecular formula is C10H11BrClN3OS. The van der Waals surface area contributed by atoms with E-state index in [0.29, 0.717) is 16.1 Å². The maximum Gasteiger partial charge on any atom is 0.226 e. The summed E-state index contributed by atoms with van der Waals surface area (Å²) in [5.74, 6) is 1.12. The minimum Gasteiger partial charge on any atom is -0.339 e. The van der Waals surface area contributed by atoms with E-state index in [4.69, 9.17) is 21.9 Å². The molecule has 4 nitrogen and oxygen atoms in total. The van der Waals surface area contributed by atoms with E-state index in [-0.39, 0.29) is 0 Å². The molecule has 0 fully saturated rings. The van der Waals surface area contributed by atoms with Crippen molar-refractivity contribution >= 4 is 38.9 Å². The van der Waals surface area contributed by atoms with Gasteiger partial charge in [0.25, 0.3) is 0 Å². The molecule has 2 rings (SSSR count). The van der Waals surface area contributed by atoms with E-state index in [1.807, 2.05) is 6.07 Å². The molecule has 0 aromatic carbocycles. The molecular weight excluding hydrogens is 326 g/mol. The number of rotatable bonds is 4. The smallest absolute Gasteiger partial charge is 0.226 e. The van der Waals surface area contributed by atoms with Gasteiger partial charge < -0.3 is 10.3 Å². The lowest BCUT2D eigenvalue weighted by Crippen LogP contribution is -2.12. The van der Waals surface area contributed by atoms with Gasteiger partial charge in [0.05, 0.1) is 0 Å². The molecule has 2 N–H and O–H groups in total. The lowest BCUT2D eigenvalue weighted by Gasteiger charge is -2.01. The first-order valence-electron chi connectivity index (χ1n) is 5.14. The van der Waals surface area contributed by atoms with E-state index in [2.05, 4.69) is 33.0 Å². The number of thiophene rings is 1. The Kier molecular flexibility index (Phi) is 4.19. The first-order chi connectivity index (χ1) is 8.11. The highest BCUT2D eigenvalue weighted by Crippen LogP contribution is 2.35. The monoisotopic (exact) mass is 335 g/mol. The van der Waals surface area contributed by atoms with Crippen LogP contribution in [0.2, 0.25) is 4.34 Å². The minimum atomic E-state index is -0.391. The van der Waals surface area contributed by atoms with Gasteiger partial charge in [0.1, 0.15) is 10.4 Å². The second kappa shape index (κ2) is 5.48. The van der Waals surface area contributed by atoms with Crippen LogP contribution in [0.4, 0.5) is 0 Å². The standard InChI is InChI=1S/C10H11BrClN3OS/c1-2-3-7-14-10(15-16-7)8(13)6-4-5(11)9(12)17-6/h4,8H,2-3,13H2,1H3. The van der Waals surface area contributed by atoms with E-state index >= 15 is 0 Å². The molecule has 0 amide bonds. The molecule has 1 atom stereocenters. The van der Waals surface area contributed by atoms with Crippen molar-refractivity contribution in [2.45, 2.75) is 25.8 Å². The fraction of sp³-hybridized carbons (Fsp3) is 0.400. The average molecular weight is 337 g/mol. The Morgan fingerprint density at radius 2 is 2.41 bits per heavy atom. The summed E-state index contributed by atoms with van der Waals surface area (Å²) in [4.78, 5) is 5.17. The SMILES string of the molecule is CCCc1nc(C(N)c2cc(Br)c(Cl)s2)no1. The van der Waals surface area contributed by atoms with Crippen molar-refractivity contribution in [3.05, 3.63) is 31.5 Å². The number of aryl methyl sites for hydroxylation is 1. The Labute approximate surface area is 116 Å². The van der Waals surface area contributed by atoms with Crippen molar-refractivity contribution in [2.24, 2.45) is 5.73 Å². The van der Waals surface area contributed by atoms with E-state index in [9.17, 15) is 0 Å². The quantitative estimate of drug-likeness (QED) is 0.927. The third-order valence-corrected chi connectivity index (χ3v) is 4.75. The predicted octanol–water partition coefficient (Wildman–Crippen LogP) is 3.55. The first-order valence-corrected chi connectivity index (χ1v) is 7.13. The van der Waals surface area contributed by atoms with E-state index < -0.39 is 6.04 Å². The van der Waals surface area contributed by atoms with Crippen LogP contribution in [-0.4, -0.2) is 10.1 Å². The maximum absolute atomic E-state index is 6.05. The van der Waals surface area contributed by atoms with Gasteiger partial charge in [0, 0.05) is 15.8 Å². The lowest BCUT2D eigenvalue weighted by molar-refractivity contribution is 0.370. The second-order valence-electron chi connectivity index (χ2n) is 3.54. The summed E-state index contributed by atoms with van der Waals surface area (Å²) >= 11 is 10.7. The topological polar surface area (TPSA) is 64.9 Å². The zero-order valence-electron chi connectivity index (χ0n) is 9.11. The van der Waals surface area contributed by atoms with Crippen LogP contribution < -0.4 is 5.73 Å². The van der Waals surface area contributed by atoms with E-state index in [0.717, 1.165) is 22.2 Å². The molecule has 7 heteroatoms. The maximum atomic E-state index is 6.05. The van der Waals surface area contributed by atoms with Crippen LogP contribution in [-0.2, 0) is 6.42 Å². The summed E-state index contributed by atoms with van der Waals surface area (Å²) in [6, 6.07) is 1.49. The number of aromatic nitrogens is 2. The van der Waals surface area contributed by atoms with Crippen LogP contribution in [0.5, 0.6) is 0 Å². The molecule has 92 valence electrons. The molecule has 0 aliphatic carbocycles. The fourth-order valence-electron chi connectivity index (χ4n) is 1.35. The highest BCUT2D eigenvalue weighted by Gasteiger charge is 2.19. The Hall–Kier alpha value is -0.430. The summed E-state index contributed by atoms with van der Waals surface area (Å²) in [6.45, 7) is 2.06. The van der Waals surface area contributed by atoms with Gasteiger partial charge in [-0.25, -0.2) is 0 Å². The minimum absolute atomic E-state index is 0.391. The summed E-state index contributed by atoms with van der Waals surface area (Å²) in [6.07, 6.45) is 1.74. The number of nitrogens with two attached hydrogens (primary N) is 1. The van der Waals surface area contributed by atoms with E-state index in [1.54, 1.807) is 0 Å². The molecule has 1 unspecified atom stereocenters. The molecule has 2 aromatic rings. The van der Waals surface area contributed by atoms with Gasteiger partial charge in [-0.3, -0.25) is 0 Å². The van der Waals surface area contributed by atoms with Crippen LogP contribution >= 0.6 is 38.9 Å². The van der Waals surface area contributed by atoms with Gasteiger partial charge in [0.2, 0.25) is 5.89 Å². The predicted molar refractivity (Wildman–Crippen MR) is 71.4 cm³/mol. The molecule has 0 bridgehead atoms. The Bertz CT molecular complexity index is 494. The average Bonchev–Trinajstić information content (AvgIpc) is 2.87. The summed E-state index contributed by atoms with van der Waals surface area (Å²) < 4.78 is 6.62. The van der Waals surface area contributed by atoms with Crippen molar-refractivity contribution < 1.29 is 4.52 Å². The number of nitrogens with zero attached hydrogens (tertiary/aromatic N) is 2. The molecule has 17 heavy (non-hydrogen) atoms. The van der Waals surface area contributed by atoms with Gasteiger partial charge in [-0.2, -0.15) is 4.98 Å². The van der Waals surface area contributed by atoms with Crippen LogP contribution in [0, 0.1) is 0 Å². The summed E-state index contributed by atoms with van der Waals surface area (Å²) in [5.41, 5.74) is 6.05. The number of hydrogen-bond acceptors (Lipinski definition) is 5. The van der Waals surface area contributed by atoms with Crippen molar-refractivity contribution in [3.8, 4) is 0 Å². The molecule has 0 saturated heterocycles. The fourth-order valence-corrected chi connectivity index (χ4v) is 3.09. The highest BCUT2D eigenvalue weighted by atomic mass is 79.9. The van der Waals surface area contributed by atoms with Crippen LogP contribution in [0.1, 0.15) is 36.0 Å². The second-order valence-corrected chi connectivity index (χ2v) is 6.08. The molecule has 0 saturated carbocycles. The Balaban J connectivity index is 2.20. The molecule has 0 radical (unpaired) electrons. The first kappa shape index (κ1) is 13.0. The highest BCUT2D eigenvalue weighted by molar-refractivity contribution is 9.10. The third kappa shape index (κ3) is 2.88. The van der Waals surface area contributed by atoms with Crippen LogP contribution in [0.15, 0.2) is 15.1 Å².